The van der Waals surface area contributed by atoms with E-state index in [1.165, 1.54) is 63.4 Å². The molecule has 0 heterocycles. The smallest absolute Gasteiger partial charge is 0.0276 e. The summed E-state index contributed by atoms with van der Waals surface area (Å²) >= 11 is 0. The zero-order chi connectivity index (χ0) is 14.8. The van der Waals surface area contributed by atoms with Crippen LogP contribution in [0.5, 0.6) is 0 Å². The predicted molar refractivity (Wildman–Crippen MR) is 91.9 cm³/mol. The molecule has 0 aromatic heterocycles. The molecule has 0 aliphatic heterocycles. The lowest BCUT2D eigenvalue weighted by Gasteiger charge is -2.46. The monoisotopic (exact) mass is 274 g/mol. The highest BCUT2D eigenvalue weighted by Crippen LogP contribution is 2.50. The van der Waals surface area contributed by atoms with Crippen LogP contribution in [0.3, 0.4) is 0 Å². The molecule has 0 amide bonds. The van der Waals surface area contributed by atoms with Gasteiger partial charge in [0.15, 0.2) is 0 Å². The van der Waals surface area contributed by atoms with Crippen molar-refractivity contribution in [2.75, 3.05) is 0 Å². The van der Waals surface area contributed by atoms with Crippen LogP contribution in [0.4, 0.5) is 0 Å². The van der Waals surface area contributed by atoms with Crippen LogP contribution in [0.25, 0.3) is 0 Å². The van der Waals surface area contributed by atoms with Gasteiger partial charge in [-0.25, -0.2) is 0 Å². The molecule has 0 aromatic rings. The lowest BCUT2D eigenvalue weighted by atomic mass is 9.59. The number of allylic oxidation sites excluding steroid dienone is 5. The largest absolute Gasteiger partial charge is 0.0991 e. The van der Waals surface area contributed by atoms with E-state index in [0.717, 1.165) is 5.92 Å². The maximum absolute atomic E-state index is 3.81. The molecule has 1 saturated carbocycles. The van der Waals surface area contributed by atoms with Gasteiger partial charge in [0.2, 0.25) is 0 Å². The zero-order valence-corrected chi connectivity index (χ0v) is 14.0. The Labute approximate surface area is 127 Å². The molecule has 1 aliphatic rings. The van der Waals surface area contributed by atoms with Gasteiger partial charge in [0.05, 0.1) is 0 Å². The van der Waals surface area contributed by atoms with Gasteiger partial charge >= 0.3 is 0 Å². The molecule has 0 spiro atoms. The van der Waals surface area contributed by atoms with Crippen LogP contribution in [0.2, 0.25) is 0 Å². The van der Waals surface area contributed by atoms with Crippen LogP contribution in [-0.2, 0) is 0 Å². The molecular weight excluding hydrogens is 240 g/mol. The Hall–Kier alpha value is -0.780. The normalized spacial score (nSPS) is 26.8. The van der Waals surface area contributed by atoms with Crippen LogP contribution in [-0.4, -0.2) is 0 Å². The van der Waals surface area contributed by atoms with Gasteiger partial charge in [-0.2, -0.15) is 0 Å². The molecule has 0 atom stereocenters. The minimum absolute atomic E-state index is 0.668. The second kappa shape index (κ2) is 9.21. The lowest BCUT2D eigenvalue weighted by Crippen LogP contribution is -2.34. The quantitative estimate of drug-likeness (QED) is 0.302. The van der Waals surface area contributed by atoms with Gasteiger partial charge in [-0.3, -0.25) is 0 Å². The van der Waals surface area contributed by atoms with Crippen LogP contribution in [0, 0.1) is 11.3 Å². The van der Waals surface area contributed by atoms with Crippen molar-refractivity contribution < 1.29 is 0 Å². The Bertz CT molecular complexity index is 326. The first-order valence-electron chi connectivity index (χ1n) is 8.58. The highest BCUT2D eigenvalue weighted by Gasteiger charge is 2.38. The summed E-state index contributed by atoms with van der Waals surface area (Å²) < 4.78 is 0. The summed E-state index contributed by atoms with van der Waals surface area (Å²) in [6, 6.07) is 0. The summed E-state index contributed by atoms with van der Waals surface area (Å²) in [6.07, 6.45) is 21.0. The van der Waals surface area contributed by atoms with E-state index in [0.29, 0.717) is 5.41 Å². The van der Waals surface area contributed by atoms with Crippen LogP contribution < -0.4 is 0 Å². The fourth-order valence-corrected chi connectivity index (χ4v) is 3.68. The van der Waals surface area contributed by atoms with Gasteiger partial charge in [0, 0.05) is 0 Å². The molecule has 1 fully saturated rings. The summed E-state index contributed by atoms with van der Waals surface area (Å²) in [5.41, 5.74) is 2.10. The molecule has 1 aliphatic carbocycles. The van der Waals surface area contributed by atoms with Crippen molar-refractivity contribution in [2.24, 2.45) is 11.3 Å². The van der Waals surface area contributed by atoms with E-state index in [9.17, 15) is 0 Å². The summed E-state index contributed by atoms with van der Waals surface area (Å²) in [6.45, 7) is 10.7. The maximum Gasteiger partial charge on any atom is -0.0276 e. The second-order valence-electron chi connectivity index (χ2n) is 6.91. The van der Waals surface area contributed by atoms with Crippen molar-refractivity contribution in [1.29, 1.82) is 0 Å². The minimum Gasteiger partial charge on any atom is -0.0991 e. The van der Waals surface area contributed by atoms with E-state index in [2.05, 4.69) is 45.6 Å². The molecule has 0 nitrogen and oxygen atoms in total. The molecule has 0 N–H and O–H groups in total. The molecule has 0 radical (unpaired) electrons. The van der Waals surface area contributed by atoms with E-state index >= 15 is 0 Å². The lowest BCUT2D eigenvalue weighted by molar-refractivity contribution is 0.0570. The standard InChI is InChI=1S/C20H34/c1-5-8-9-10-15-20(4)16-19(17-20)14-13-18(11-6-2)12-7-3/h6-7,11-12,19H,2,5,8-10,13-17H2,1,3-4H3. The van der Waals surface area contributed by atoms with Gasteiger partial charge in [-0.15, -0.1) is 0 Å². The predicted octanol–water partition coefficient (Wildman–Crippen LogP) is 6.84. The van der Waals surface area contributed by atoms with Crippen molar-refractivity contribution in [3.63, 3.8) is 0 Å². The summed E-state index contributed by atoms with van der Waals surface area (Å²) in [5, 5.41) is 0. The Morgan fingerprint density at radius 2 is 2.00 bits per heavy atom. The van der Waals surface area contributed by atoms with E-state index in [-0.39, 0.29) is 0 Å². The molecule has 0 unspecified atom stereocenters. The van der Waals surface area contributed by atoms with Crippen LogP contribution in [0.15, 0.2) is 36.5 Å². The summed E-state index contributed by atoms with van der Waals surface area (Å²) in [5.74, 6) is 0.963. The summed E-state index contributed by atoms with van der Waals surface area (Å²) in [4.78, 5) is 0. The zero-order valence-electron chi connectivity index (χ0n) is 14.0. The topological polar surface area (TPSA) is 0 Å². The van der Waals surface area contributed by atoms with Crippen LogP contribution >= 0.6 is 0 Å². The van der Waals surface area contributed by atoms with Gasteiger partial charge in [0.1, 0.15) is 0 Å². The third-order valence-corrected chi connectivity index (χ3v) is 4.75. The average Bonchev–Trinajstić information content (AvgIpc) is 2.39. The van der Waals surface area contributed by atoms with Gasteiger partial charge in [-0.1, -0.05) is 70.4 Å². The Kier molecular flexibility index (Phi) is 7.95. The van der Waals surface area contributed by atoms with Crippen molar-refractivity contribution in [1.82, 2.24) is 0 Å². The Morgan fingerprint density at radius 1 is 1.25 bits per heavy atom. The highest BCUT2D eigenvalue weighted by atomic mass is 14.4. The molecule has 0 bridgehead atoms. The van der Waals surface area contributed by atoms with E-state index in [1.807, 2.05) is 6.08 Å². The van der Waals surface area contributed by atoms with Gasteiger partial charge in [-0.05, 0) is 55.9 Å². The second-order valence-corrected chi connectivity index (χ2v) is 6.91. The Morgan fingerprint density at radius 3 is 2.60 bits per heavy atom. The van der Waals surface area contributed by atoms with E-state index < -0.39 is 0 Å². The first-order valence-corrected chi connectivity index (χ1v) is 8.58. The van der Waals surface area contributed by atoms with Gasteiger partial charge < -0.3 is 0 Å². The minimum atomic E-state index is 0.668. The number of hydrogen-bond acceptors (Lipinski definition) is 0. The number of rotatable bonds is 10. The average molecular weight is 274 g/mol. The molecule has 1 rings (SSSR count). The molecule has 0 heteroatoms. The SMILES string of the molecule is C=CC=C(C=CC)CCC1CC(C)(CCCCCC)C1. The van der Waals surface area contributed by atoms with E-state index in [4.69, 9.17) is 0 Å². The molecule has 20 heavy (non-hydrogen) atoms. The van der Waals surface area contributed by atoms with Crippen molar-refractivity contribution >= 4 is 0 Å². The fourth-order valence-electron chi connectivity index (χ4n) is 3.68. The maximum atomic E-state index is 3.81. The molecule has 0 aromatic carbocycles. The first kappa shape index (κ1) is 17.3. The fraction of sp³-hybridized carbons (Fsp3) is 0.700. The third kappa shape index (κ3) is 6.11. The molecule has 114 valence electrons. The van der Waals surface area contributed by atoms with E-state index in [1.54, 1.807) is 0 Å². The molecule has 0 saturated heterocycles. The van der Waals surface area contributed by atoms with Crippen molar-refractivity contribution in [2.45, 2.75) is 78.6 Å². The summed E-state index contributed by atoms with van der Waals surface area (Å²) in [7, 11) is 0. The third-order valence-electron chi connectivity index (χ3n) is 4.75. The van der Waals surface area contributed by atoms with Gasteiger partial charge in [0.25, 0.3) is 0 Å². The first-order chi connectivity index (χ1) is 9.63. The van der Waals surface area contributed by atoms with Crippen molar-refractivity contribution in [3.8, 4) is 0 Å². The van der Waals surface area contributed by atoms with Crippen molar-refractivity contribution in [3.05, 3.63) is 36.5 Å². The Balaban J connectivity index is 2.20. The van der Waals surface area contributed by atoms with Crippen LogP contribution in [0.1, 0.15) is 78.6 Å². The number of unbranched alkanes of at least 4 members (excludes halogenated alkanes) is 3. The number of hydrogen-bond donors (Lipinski definition) is 0. The highest BCUT2D eigenvalue weighted by molar-refractivity contribution is 5.22. The molecular formula is C20H34.